The predicted molar refractivity (Wildman–Crippen MR) is 83.9 cm³/mol. The minimum absolute atomic E-state index is 0.139. The Balaban J connectivity index is 1.59. The van der Waals surface area contributed by atoms with Gasteiger partial charge < -0.3 is 10.4 Å². The van der Waals surface area contributed by atoms with Gasteiger partial charge in [-0.3, -0.25) is 4.79 Å². The van der Waals surface area contributed by atoms with Crippen molar-refractivity contribution in [3.8, 4) is 0 Å². The Bertz CT molecular complexity index is 639. The predicted octanol–water partition coefficient (Wildman–Crippen LogP) is 3.13. The van der Waals surface area contributed by atoms with Crippen molar-refractivity contribution < 1.29 is 9.90 Å². The minimum Gasteiger partial charge on any atom is -0.481 e. The number of carboxylic acids is 1. The van der Waals surface area contributed by atoms with Crippen molar-refractivity contribution in [1.29, 1.82) is 0 Å². The molecule has 1 aliphatic carbocycles. The molecule has 0 saturated heterocycles. The highest BCUT2D eigenvalue weighted by Gasteiger charge is 2.18. The number of hydrogen-bond donors (Lipinski definition) is 2. The summed E-state index contributed by atoms with van der Waals surface area (Å²) < 4.78 is 0. The smallest absolute Gasteiger partial charge is 0.303 e. The van der Waals surface area contributed by atoms with Crippen molar-refractivity contribution in [3.05, 3.63) is 46.5 Å². The third kappa shape index (κ3) is 3.61. The van der Waals surface area contributed by atoms with Crippen LogP contribution in [0.1, 0.15) is 29.7 Å². The topological polar surface area (TPSA) is 62.2 Å². The molecule has 2 N–H and O–H groups in total. The molecule has 1 aliphatic rings. The molecule has 0 radical (unpaired) electrons. The highest BCUT2D eigenvalue weighted by atomic mass is 32.1. The fraction of sp³-hybridized carbons (Fsp3) is 0.375. The Morgan fingerprint density at radius 1 is 1.38 bits per heavy atom. The molecule has 1 aromatic carbocycles. The van der Waals surface area contributed by atoms with Gasteiger partial charge in [0.1, 0.15) is 0 Å². The molecule has 5 heteroatoms. The number of thiazole rings is 1. The van der Waals surface area contributed by atoms with E-state index >= 15 is 0 Å². The van der Waals surface area contributed by atoms with E-state index in [1.165, 1.54) is 11.1 Å². The van der Waals surface area contributed by atoms with Gasteiger partial charge in [-0.2, -0.15) is 0 Å². The maximum atomic E-state index is 10.6. The van der Waals surface area contributed by atoms with Crippen LogP contribution < -0.4 is 5.32 Å². The van der Waals surface area contributed by atoms with E-state index in [-0.39, 0.29) is 6.42 Å². The molecule has 4 nitrogen and oxygen atoms in total. The molecule has 1 atom stereocenters. The number of aliphatic carboxylic acids is 1. The molecule has 0 bridgehead atoms. The fourth-order valence-corrected chi connectivity index (χ4v) is 3.54. The largest absolute Gasteiger partial charge is 0.481 e. The number of carboxylic acid groups (broad SMARTS) is 1. The van der Waals surface area contributed by atoms with Crippen LogP contribution in [0.4, 0.5) is 5.13 Å². The quantitative estimate of drug-likeness (QED) is 0.891. The summed E-state index contributed by atoms with van der Waals surface area (Å²) in [6.07, 6.45) is 3.88. The van der Waals surface area contributed by atoms with Gasteiger partial charge in [0.15, 0.2) is 5.13 Å². The Morgan fingerprint density at radius 3 is 3.00 bits per heavy atom. The molecule has 2 aromatic rings. The van der Waals surface area contributed by atoms with Gasteiger partial charge >= 0.3 is 5.97 Å². The highest BCUT2D eigenvalue weighted by Crippen LogP contribution is 2.25. The van der Waals surface area contributed by atoms with Crippen LogP contribution in [0.5, 0.6) is 0 Å². The number of anilines is 1. The number of benzene rings is 1. The number of hydrogen-bond acceptors (Lipinski definition) is 4. The second kappa shape index (κ2) is 6.26. The van der Waals surface area contributed by atoms with E-state index in [0.29, 0.717) is 12.5 Å². The van der Waals surface area contributed by atoms with Crippen molar-refractivity contribution in [2.24, 2.45) is 0 Å². The highest BCUT2D eigenvalue weighted by molar-refractivity contribution is 7.13. The summed E-state index contributed by atoms with van der Waals surface area (Å²) in [5.41, 5.74) is 3.74. The molecular weight excluding hydrogens is 284 g/mol. The zero-order valence-electron chi connectivity index (χ0n) is 11.7. The van der Waals surface area contributed by atoms with Crippen molar-refractivity contribution in [1.82, 2.24) is 4.98 Å². The second-order valence-electron chi connectivity index (χ2n) is 5.39. The van der Waals surface area contributed by atoms with Crippen LogP contribution in [0.25, 0.3) is 0 Å². The number of nitrogens with one attached hydrogen (secondary N) is 1. The summed E-state index contributed by atoms with van der Waals surface area (Å²) >= 11 is 1.56. The number of aromatic nitrogens is 1. The van der Waals surface area contributed by atoms with Crippen LogP contribution in [0.15, 0.2) is 29.6 Å². The van der Waals surface area contributed by atoms with E-state index in [2.05, 4.69) is 34.6 Å². The summed E-state index contributed by atoms with van der Waals surface area (Å²) in [6.45, 7) is 0. The molecule has 1 unspecified atom stereocenters. The Kier molecular flexibility index (Phi) is 4.20. The third-order valence-electron chi connectivity index (χ3n) is 3.82. The van der Waals surface area contributed by atoms with Gasteiger partial charge in [0.2, 0.25) is 0 Å². The lowest BCUT2D eigenvalue weighted by molar-refractivity contribution is -0.136. The first-order chi connectivity index (χ1) is 10.2. The van der Waals surface area contributed by atoms with Crippen molar-refractivity contribution in [2.45, 2.75) is 38.1 Å². The number of fused-ring (bicyclic) bond motifs is 1. The Labute approximate surface area is 127 Å². The SMILES string of the molecule is O=C(O)CCc1csc(NC2CCc3ccccc3C2)n1. The van der Waals surface area contributed by atoms with Gasteiger partial charge in [0.25, 0.3) is 0 Å². The normalized spacial score (nSPS) is 17.2. The first kappa shape index (κ1) is 14.1. The number of rotatable bonds is 5. The molecule has 0 fully saturated rings. The first-order valence-corrected chi connectivity index (χ1v) is 8.08. The van der Waals surface area contributed by atoms with Crippen LogP contribution in [0.3, 0.4) is 0 Å². The molecule has 0 amide bonds. The summed E-state index contributed by atoms with van der Waals surface area (Å²) in [5.74, 6) is -0.776. The van der Waals surface area contributed by atoms with Crippen LogP contribution in [-0.2, 0) is 24.1 Å². The monoisotopic (exact) mass is 302 g/mol. The van der Waals surface area contributed by atoms with E-state index in [9.17, 15) is 4.79 Å². The summed E-state index contributed by atoms with van der Waals surface area (Å²) in [4.78, 5) is 15.0. The zero-order valence-corrected chi connectivity index (χ0v) is 12.5. The Morgan fingerprint density at radius 2 is 2.19 bits per heavy atom. The molecule has 21 heavy (non-hydrogen) atoms. The van der Waals surface area contributed by atoms with Gasteiger partial charge in [-0.05, 0) is 30.4 Å². The molecule has 1 aromatic heterocycles. The van der Waals surface area contributed by atoms with Gasteiger partial charge in [-0.25, -0.2) is 4.98 Å². The maximum absolute atomic E-state index is 10.6. The second-order valence-corrected chi connectivity index (χ2v) is 6.25. The molecule has 0 aliphatic heterocycles. The van der Waals surface area contributed by atoms with Gasteiger partial charge in [-0.1, -0.05) is 24.3 Å². The first-order valence-electron chi connectivity index (χ1n) is 7.20. The van der Waals surface area contributed by atoms with Crippen LogP contribution >= 0.6 is 11.3 Å². The summed E-state index contributed by atoms with van der Waals surface area (Å²) in [7, 11) is 0. The maximum Gasteiger partial charge on any atom is 0.303 e. The fourth-order valence-electron chi connectivity index (χ4n) is 2.72. The van der Waals surface area contributed by atoms with Crippen LogP contribution in [0.2, 0.25) is 0 Å². The van der Waals surface area contributed by atoms with Gasteiger partial charge in [0, 0.05) is 17.8 Å². The number of carbonyl (C=O) groups is 1. The minimum atomic E-state index is -0.776. The van der Waals surface area contributed by atoms with Gasteiger partial charge in [0.05, 0.1) is 12.1 Å². The molecule has 3 rings (SSSR count). The van der Waals surface area contributed by atoms with Crippen molar-refractivity contribution in [2.75, 3.05) is 5.32 Å². The molecule has 1 heterocycles. The van der Waals surface area contributed by atoms with E-state index in [4.69, 9.17) is 5.11 Å². The van der Waals surface area contributed by atoms with E-state index in [0.717, 1.165) is 30.1 Å². The lowest BCUT2D eigenvalue weighted by Gasteiger charge is -2.25. The van der Waals surface area contributed by atoms with Gasteiger partial charge in [-0.15, -0.1) is 11.3 Å². The molecule has 110 valence electrons. The van der Waals surface area contributed by atoms with E-state index in [1.807, 2.05) is 5.38 Å². The van der Waals surface area contributed by atoms with Crippen LogP contribution in [-0.4, -0.2) is 22.1 Å². The molecule has 0 spiro atoms. The van der Waals surface area contributed by atoms with Crippen molar-refractivity contribution >= 4 is 22.4 Å². The molecular formula is C16H18N2O2S. The lowest BCUT2D eigenvalue weighted by Crippen LogP contribution is -2.27. The number of aryl methyl sites for hydroxylation is 2. The van der Waals surface area contributed by atoms with E-state index < -0.39 is 5.97 Å². The standard InChI is InChI=1S/C16H18N2O2S/c19-15(20)8-7-14-10-21-16(18-14)17-13-6-5-11-3-1-2-4-12(11)9-13/h1-4,10,13H,5-9H2,(H,17,18)(H,19,20). The Hall–Kier alpha value is -1.88. The van der Waals surface area contributed by atoms with E-state index in [1.54, 1.807) is 11.3 Å². The zero-order chi connectivity index (χ0) is 14.7. The van der Waals surface area contributed by atoms with Crippen LogP contribution in [0, 0.1) is 0 Å². The number of nitrogens with zero attached hydrogens (tertiary/aromatic N) is 1. The average molecular weight is 302 g/mol. The summed E-state index contributed by atoms with van der Waals surface area (Å²) in [6, 6.07) is 9.01. The lowest BCUT2D eigenvalue weighted by atomic mass is 9.88. The molecule has 0 saturated carbocycles. The third-order valence-corrected chi connectivity index (χ3v) is 4.64. The summed E-state index contributed by atoms with van der Waals surface area (Å²) in [5, 5.41) is 15.0. The average Bonchev–Trinajstić information content (AvgIpc) is 2.92. The van der Waals surface area contributed by atoms with Crippen molar-refractivity contribution in [3.63, 3.8) is 0 Å².